The summed E-state index contributed by atoms with van der Waals surface area (Å²) in [4.78, 5) is 11.9. The van der Waals surface area contributed by atoms with E-state index in [4.69, 9.17) is 4.42 Å². The highest BCUT2D eigenvalue weighted by Crippen LogP contribution is 2.34. The van der Waals surface area contributed by atoms with Crippen LogP contribution in [-0.4, -0.2) is 13.0 Å². The molecule has 2 aromatic rings. The van der Waals surface area contributed by atoms with E-state index in [1.807, 2.05) is 31.2 Å². The number of rotatable bonds is 3. The molecule has 1 aliphatic rings. The molecule has 1 unspecified atom stereocenters. The van der Waals surface area contributed by atoms with E-state index in [1.165, 1.54) is 5.56 Å². The minimum Gasteiger partial charge on any atom is -0.469 e. The van der Waals surface area contributed by atoms with Crippen molar-refractivity contribution in [3.8, 4) is 0 Å². The van der Waals surface area contributed by atoms with Crippen molar-refractivity contribution in [1.82, 2.24) is 5.32 Å². The Kier molecular flexibility index (Phi) is 3.69. The van der Waals surface area contributed by atoms with E-state index in [9.17, 15) is 4.79 Å². The van der Waals surface area contributed by atoms with Gasteiger partial charge in [0, 0.05) is 30.3 Å². The Labute approximate surface area is 124 Å². The average molecular weight is 284 g/mol. The molecule has 4 heteroatoms. The second-order valence-electron chi connectivity index (χ2n) is 5.45. The molecule has 2 N–H and O–H groups in total. The third-order valence-corrected chi connectivity index (χ3v) is 4.19. The van der Waals surface area contributed by atoms with Crippen LogP contribution in [0.3, 0.4) is 0 Å². The highest BCUT2D eigenvalue weighted by molar-refractivity contribution is 5.96. The van der Waals surface area contributed by atoms with Gasteiger partial charge in [-0.2, -0.15) is 0 Å². The monoisotopic (exact) mass is 284 g/mol. The number of amides is 1. The van der Waals surface area contributed by atoms with E-state index >= 15 is 0 Å². The molecule has 4 nitrogen and oxygen atoms in total. The average Bonchev–Trinajstić information content (AvgIpc) is 2.98. The van der Waals surface area contributed by atoms with Crippen molar-refractivity contribution in [2.45, 2.75) is 32.2 Å². The molecule has 0 spiro atoms. The third-order valence-electron chi connectivity index (χ3n) is 4.19. The van der Waals surface area contributed by atoms with E-state index in [1.54, 1.807) is 13.3 Å². The van der Waals surface area contributed by atoms with Crippen molar-refractivity contribution in [2.75, 3.05) is 12.4 Å². The van der Waals surface area contributed by atoms with E-state index < -0.39 is 0 Å². The lowest BCUT2D eigenvalue weighted by Crippen LogP contribution is -2.20. The first-order chi connectivity index (χ1) is 10.2. The number of hydrogen-bond acceptors (Lipinski definition) is 3. The van der Waals surface area contributed by atoms with Crippen LogP contribution in [0.4, 0.5) is 5.69 Å². The maximum Gasteiger partial charge on any atom is 0.251 e. The molecule has 0 fully saturated rings. The van der Waals surface area contributed by atoms with Gasteiger partial charge in [0.1, 0.15) is 5.76 Å². The van der Waals surface area contributed by atoms with Crippen molar-refractivity contribution in [3.05, 3.63) is 53.0 Å². The molecule has 0 bridgehead atoms. The molecule has 1 aromatic heterocycles. The lowest BCUT2D eigenvalue weighted by Gasteiger charge is -2.25. The fourth-order valence-electron chi connectivity index (χ4n) is 3.00. The molecule has 110 valence electrons. The second-order valence-corrected chi connectivity index (χ2v) is 5.45. The molecule has 1 amide bonds. The second kappa shape index (κ2) is 5.64. The number of furan rings is 1. The summed E-state index contributed by atoms with van der Waals surface area (Å²) in [6.07, 6.45) is 4.97. The molecule has 1 atom stereocenters. The maximum absolute atomic E-state index is 11.9. The van der Waals surface area contributed by atoms with Crippen LogP contribution in [0, 0.1) is 6.92 Å². The number of benzene rings is 1. The van der Waals surface area contributed by atoms with Crippen LogP contribution in [0.1, 0.15) is 46.1 Å². The van der Waals surface area contributed by atoms with Crippen molar-refractivity contribution in [3.63, 3.8) is 0 Å². The van der Waals surface area contributed by atoms with Crippen molar-refractivity contribution < 1.29 is 9.21 Å². The fraction of sp³-hybridized carbons (Fsp3) is 0.353. The molecule has 1 aromatic carbocycles. The molecule has 1 aliphatic carbocycles. The van der Waals surface area contributed by atoms with Gasteiger partial charge < -0.3 is 15.1 Å². The highest BCUT2D eigenvalue weighted by Gasteiger charge is 2.23. The first kappa shape index (κ1) is 13.7. The van der Waals surface area contributed by atoms with Gasteiger partial charge in [-0.1, -0.05) is 6.07 Å². The molecule has 21 heavy (non-hydrogen) atoms. The Morgan fingerprint density at radius 3 is 3.00 bits per heavy atom. The zero-order valence-electron chi connectivity index (χ0n) is 12.4. The predicted molar refractivity (Wildman–Crippen MR) is 82.6 cm³/mol. The summed E-state index contributed by atoms with van der Waals surface area (Å²) in [7, 11) is 1.65. The number of aryl methyl sites for hydroxylation is 1. The molecule has 0 saturated heterocycles. The van der Waals surface area contributed by atoms with Gasteiger partial charge in [-0.15, -0.1) is 0 Å². The summed E-state index contributed by atoms with van der Waals surface area (Å²) in [6.45, 7) is 1.98. The van der Waals surface area contributed by atoms with Crippen LogP contribution in [0.25, 0.3) is 0 Å². The number of anilines is 1. The molecular formula is C17H20N2O2. The lowest BCUT2D eigenvalue weighted by atomic mass is 9.93. The summed E-state index contributed by atoms with van der Waals surface area (Å²) < 4.78 is 5.53. The summed E-state index contributed by atoms with van der Waals surface area (Å²) in [5, 5.41) is 6.25. The maximum atomic E-state index is 11.9. The van der Waals surface area contributed by atoms with Crippen molar-refractivity contribution >= 4 is 11.6 Å². The zero-order valence-corrected chi connectivity index (χ0v) is 12.4. The van der Waals surface area contributed by atoms with Crippen LogP contribution < -0.4 is 10.6 Å². The predicted octanol–water partition coefficient (Wildman–Crippen LogP) is 3.44. The highest BCUT2D eigenvalue weighted by atomic mass is 16.3. The number of carbonyl (C=O) groups excluding carboxylic acids is 1. The number of nitrogens with one attached hydrogen (secondary N) is 2. The molecule has 0 saturated carbocycles. The van der Waals surface area contributed by atoms with Gasteiger partial charge in [0.25, 0.3) is 5.91 Å². The molecule has 0 radical (unpaired) electrons. The van der Waals surface area contributed by atoms with E-state index in [0.717, 1.165) is 36.3 Å². The minimum absolute atomic E-state index is 0.0520. The summed E-state index contributed by atoms with van der Waals surface area (Å²) in [5.41, 5.74) is 3.94. The Morgan fingerprint density at radius 2 is 2.19 bits per heavy atom. The molecule has 3 rings (SSSR count). The third kappa shape index (κ3) is 2.53. The van der Waals surface area contributed by atoms with Gasteiger partial charge in [-0.25, -0.2) is 0 Å². The Hall–Kier alpha value is -2.23. The quantitative estimate of drug-likeness (QED) is 0.907. The summed E-state index contributed by atoms with van der Waals surface area (Å²) in [5.74, 6) is 1.03. The van der Waals surface area contributed by atoms with Crippen LogP contribution in [0.15, 0.2) is 34.9 Å². The van der Waals surface area contributed by atoms with Gasteiger partial charge in [0.2, 0.25) is 0 Å². The standard InChI is InChI=1S/C17H20N2O2/c1-11-12(17(20)18-2)5-3-6-14(11)19-15-7-4-8-16-13(15)9-10-21-16/h3,5-6,9-10,15,19H,4,7-8H2,1-2H3,(H,18,20). The van der Waals surface area contributed by atoms with E-state index in [0.29, 0.717) is 5.56 Å². The Morgan fingerprint density at radius 1 is 1.33 bits per heavy atom. The van der Waals surface area contributed by atoms with Crippen molar-refractivity contribution in [2.24, 2.45) is 0 Å². The summed E-state index contributed by atoms with van der Waals surface area (Å²) >= 11 is 0. The van der Waals surface area contributed by atoms with Gasteiger partial charge in [0.05, 0.1) is 12.3 Å². The molecular weight excluding hydrogens is 264 g/mol. The lowest BCUT2D eigenvalue weighted by molar-refractivity contribution is 0.0962. The largest absolute Gasteiger partial charge is 0.469 e. The normalized spacial score (nSPS) is 17.1. The molecule has 0 aliphatic heterocycles. The van der Waals surface area contributed by atoms with Gasteiger partial charge in [-0.05, 0) is 43.5 Å². The first-order valence-corrected chi connectivity index (χ1v) is 7.35. The smallest absolute Gasteiger partial charge is 0.251 e. The Balaban J connectivity index is 1.88. The van der Waals surface area contributed by atoms with E-state index in [2.05, 4.69) is 10.6 Å². The van der Waals surface area contributed by atoms with Crippen LogP contribution in [-0.2, 0) is 6.42 Å². The van der Waals surface area contributed by atoms with Gasteiger partial charge in [-0.3, -0.25) is 4.79 Å². The van der Waals surface area contributed by atoms with E-state index in [-0.39, 0.29) is 11.9 Å². The Bertz CT molecular complexity index is 661. The topological polar surface area (TPSA) is 54.3 Å². The minimum atomic E-state index is -0.0520. The van der Waals surface area contributed by atoms with Crippen LogP contribution >= 0.6 is 0 Å². The molecule has 1 heterocycles. The number of carbonyl (C=O) groups is 1. The first-order valence-electron chi connectivity index (χ1n) is 7.35. The summed E-state index contributed by atoms with van der Waals surface area (Å²) in [6, 6.07) is 8.09. The van der Waals surface area contributed by atoms with Gasteiger partial charge >= 0.3 is 0 Å². The number of fused-ring (bicyclic) bond motifs is 1. The zero-order chi connectivity index (χ0) is 14.8. The van der Waals surface area contributed by atoms with Crippen LogP contribution in [0.2, 0.25) is 0 Å². The SMILES string of the molecule is CNC(=O)c1cccc(NC2CCCc3occc32)c1C. The van der Waals surface area contributed by atoms with Crippen molar-refractivity contribution in [1.29, 1.82) is 0 Å². The fourth-order valence-corrected chi connectivity index (χ4v) is 3.00. The van der Waals surface area contributed by atoms with Crippen LogP contribution in [0.5, 0.6) is 0 Å². The van der Waals surface area contributed by atoms with Gasteiger partial charge in [0.15, 0.2) is 0 Å². The number of hydrogen-bond donors (Lipinski definition) is 2.